The third-order valence-corrected chi connectivity index (χ3v) is 4.35. The Morgan fingerprint density at radius 1 is 0.926 bits per heavy atom. The average molecular weight is 361 g/mol. The molecule has 0 atom stereocenters. The summed E-state index contributed by atoms with van der Waals surface area (Å²) >= 11 is 0. The summed E-state index contributed by atoms with van der Waals surface area (Å²) in [5, 5.41) is 9.68. The van der Waals surface area contributed by atoms with Crippen LogP contribution < -0.4 is 0 Å². The fraction of sp³-hybridized carbons (Fsp3) is 0.333. The molecule has 27 heavy (non-hydrogen) atoms. The van der Waals surface area contributed by atoms with Crippen molar-refractivity contribution in [1.29, 1.82) is 5.26 Å². The molecular weight excluding hydrogens is 334 g/mol. The quantitative estimate of drug-likeness (QED) is 0.246. The number of carbonyl (C=O) groups is 1. The molecule has 140 valence electrons. The average Bonchev–Trinajstić information content (AvgIpc) is 2.69. The Balaban J connectivity index is 2.16. The second-order valence-corrected chi connectivity index (χ2v) is 6.97. The molecule has 3 nitrogen and oxygen atoms in total. The molecule has 0 aromatic heterocycles. The lowest BCUT2D eigenvalue weighted by atomic mass is 9.93. The van der Waals surface area contributed by atoms with Gasteiger partial charge in [-0.15, -0.1) is 0 Å². The molecule has 0 radical (unpaired) electrons. The van der Waals surface area contributed by atoms with E-state index in [9.17, 15) is 10.1 Å². The van der Waals surface area contributed by atoms with E-state index >= 15 is 0 Å². The zero-order chi connectivity index (χ0) is 19.5. The molecule has 0 unspecified atom stereocenters. The summed E-state index contributed by atoms with van der Waals surface area (Å²) < 4.78 is 5.41. The topological polar surface area (TPSA) is 50.1 Å². The number of rotatable bonds is 9. The minimum atomic E-state index is -0.552. The molecule has 0 fully saturated rings. The van der Waals surface area contributed by atoms with Crippen LogP contribution >= 0.6 is 0 Å². The normalized spacial score (nSPS) is 10.3. The minimum Gasteiger partial charge on any atom is -0.462 e. The van der Waals surface area contributed by atoms with Gasteiger partial charge < -0.3 is 4.74 Å². The maximum Gasteiger partial charge on any atom is 0.349 e. The van der Waals surface area contributed by atoms with Gasteiger partial charge in [0, 0.05) is 5.57 Å². The van der Waals surface area contributed by atoms with Crippen molar-refractivity contribution in [3.8, 4) is 6.07 Å². The van der Waals surface area contributed by atoms with Crippen LogP contribution in [-0.4, -0.2) is 12.6 Å². The van der Waals surface area contributed by atoms with E-state index in [1.54, 1.807) is 0 Å². The summed E-state index contributed by atoms with van der Waals surface area (Å²) in [6, 6.07) is 21.1. The number of esters is 1. The van der Waals surface area contributed by atoms with Crippen molar-refractivity contribution in [1.82, 2.24) is 0 Å². The van der Waals surface area contributed by atoms with Gasteiger partial charge in [-0.25, -0.2) is 4.79 Å². The Morgan fingerprint density at radius 3 is 1.96 bits per heavy atom. The first-order valence-electron chi connectivity index (χ1n) is 9.55. The van der Waals surface area contributed by atoms with Gasteiger partial charge in [0.1, 0.15) is 11.6 Å². The Morgan fingerprint density at radius 2 is 1.48 bits per heavy atom. The molecule has 0 saturated carbocycles. The molecule has 2 aromatic rings. The van der Waals surface area contributed by atoms with Gasteiger partial charge in [0.15, 0.2) is 0 Å². The maximum atomic E-state index is 12.6. The smallest absolute Gasteiger partial charge is 0.349 e. The van der Waals surface area contributed by atoms with E-state index in [0.717, 1.165) is 30.4 Å². The standard InChI is InChI=1S/C24H27NO2/c1-19(2)12-6-5-11-17-27-24(26)22(18-25)23(20-13-7-3-8-14-20)21-15-9-4-10-16-21/h3-4,7-10,13-16,19H,5-6,11-12,17H2,1-2H3. The van der Waals surface area contributed by atoms with Gasteiger partial charge in [-0.1, -0.05) is 93.8 Å². The van der Waals surface area contributed by atoms with Gasteiger partial charge in [0.05, 0.1) is 6.61 Å². The third kappa shape index (κ3) is 6.42. The molecule has 0 bridgehead atoms. The van der Waals surface area contributed by atoms with Crippen molar-refractivity contribution in [2.45, 2.75) is 39.5 Å². The van der Waals surface area contributed by atoms with Gasteiger partial charge in [-0.2, -0.15) is 5.26 Å². The molecule has 0 amide bonds. The lowest BCUT2D eigenvalue weighted by molar-refractivity contribution is -0.138. The molecule has 2 aromatic carbocycles. The number of carbonyl (C=O) groups excluding carboxylic acids is 1. The Labute approximate surface area is 162 Å². The number of benzene rings is 2. The maximum absolute atomic E-state index is 12.6. The molecule has 0 aliphatic rings. The van der Waals surface area contributed by atoms with Crippen LogP contribution in [0.5, 0.6) is 0 Å². The van der Waals surface area contributed by atoms with Crippen molar-refractivity contribution in [3.63, 3.8) is 0 Å². The van der Waals surface area contributed by atoms with Gasteiger partial charge in [0.25, 0.3) is 0 Å². The number of hydrogen-bond donors (Lipinski definition) is 0. The van der Waals surface area contributed by atoms with Crippen LogP contribution in [0.25, 0.3) is 5.57 Å². The SMILES string of the molecule is CC(C)CCCCCOC(=O)C(C#N)=C(c1ccccc1)c1ccccc1. The van der Waals surface area contributed by atoms with E-state index in [-0.39, 0.29) is 5.57 Å². The van der Waals surface area contributed by atoms with Crippen LogP contribution in [0.3, 0.4) is 0 Å². The highest BCUT2D eigenvalue weighted by Crippen LogP contribution is 2.27. The minimum absolute atomic E-state index is 0.0505. The number of ether oxygens (including phenoxy) is 1. The van der Waals surface area contributed by atoms with Crippen molar-refractivity contribution in [2.24, 2.45) is 5.92 Å². The van der Waals surface area contributed by atoms with Crippen molar-refractivity contribution >= 4 is 11.5 Å². The molecule has 0 spiro atoms. The highest BCUT2D eigenvalue weighted by atomic mass is 16.5. The molecule has 0 saturated heterocycles. The Bertz CT molecular complexity index is 745. The molecule has 0 aliphatic heterocycles. The predicted molar refractivity (Wildman–Crippen MR) is 109 cm³/mol. The van der Waals surface area contributed by atoms with Crippen LogP contribution in [0, 0.1) is 17.2 Å². The van der Waals surface area contributed by atoms with Gasteiger partial charge in [-0.3, -0.25) is 0 Å². The molecular formula is C24H27NO2. The molecule has 0 heterocycles. The second kappa shape index (κ2) is 11.0. The number of unbranched alkanes of at least 4 members (excludes halogenated alkanes) is 2. The van der Waals surface area contributed by atoms with Gasteiger partial charge in [0.2, 0.25) is 0 Å². The van der Waals surface area contributed by atoms with Crippen LogP contribution in [-0.2, 0) is 9.53 Å². The van der Waals surface area contributed by atoms with E-state index < -0.39 is 5.97 Å². The molecule has 2 rings (SSSR count). The fourth-order valence-corrected chi connectivity index (χ4v) is 2.94. The van der Waals surface area contributed by atoms with Crippen molar-refractivity contribution < 1.29 is 9.53 Å². The number of hydrogen-bond acceptors (Lipinski definition) is 3. The zero-order valence-corrected chi connectivity index (χ0v) is 16.2. The first-order valence-corrected chi connectivity index (χ1v) is 9.55. The Kier molecular flexibility index (Phi) is 8.32. The largest absolute Gasteiger partial charge is 0.462 e. The summed E-state index contributed by atoms with van der Waals surface area (Å²) in [5.41, 5.74) is 2.32. The van der Waals surface area contributed by atoms with E-state index in [1.807, 2.05) is 60.7 Å². The van der Waals surface area contributed by atoms with Crippen LogP contribution in [0.15, 0.2) is 66.2 Å². The van der Waals surface area contributed by atoms with Gasteiger partial charge in [-0.05, 0) is 23.5 Å². The lowest BCUT2D eigenvalue weighted by Gasteiger charge is -2.12. The van der Waals surface area contributed by atoms with Crippen LogP contribution in [0.4, 0.5) is 0 Å². The predicted octanol–water partition coefficient (Wildman–Crippen LogP) is 5.77. The monoisotopic (exact) mass is 361 g/mol. The van der Waals surface area contributed by atoms with E-state index in [1.165, 1.54) is 6.42 Å². The summed E-state index contributed by atoms with van der Waals surface area (Å²) in [6.45, 7) is 4.76. The van der Waals surface area contributed by atoms with Crippen LogP contribution in [0.2, 0.25) is 0 Å². The van der Waals surface area contributed by atoms with E-state index in [0.29, 0.717) is 18.1 Å². The second-order valence-electron chi connectivity index (χ2n) is 6.97. The first-order chi connectivity index (χ1) is 13.1. The molecule has 0 N–H and O–H groups in total. The highest BCUT2D eigenvalue weighted by Gasteiger charge is 2.19. The first kappa shape index (κ1) is 20.5. The Hall–Kier alpha value is -2.86. The summed E-state index contributed by atoms with van der Waals surface area (Å²) in [6.07, 6.45) is 4.17. The number of nitriles is 1. The van der Waals surface area contributed by atoms with Crippen LogP contribution in [0.1, 0.15) is 50.7 Å². The molecule has 3 heteroatoms. The summed E-state index contributed by atoms with van der Waals surface area (Å²) in [4.78, 5) is 12.6. The van der Waals surface area contributed by atoms with Crippen molar-refractivity contribution in [3.05, 3.63) is 77.4 Å². The summed E-state index contributed by atoms with van der Waals surface area (Å²) in [5.74, 6) is 0.143. The highest BCUT2D eigenvalue weighted by molar-refractivity contribution is 6.05. The van der Waals surface area contributed by atoms with E-state index in [4.69, 9.17) is 4.74 Å². The number of nitrogens with zero attached hydrogens (tertiary/aromatic N) is 1. The zero-order valence-electron chi connectivity index (χ0n) is 16.2. The molecule has 0 aliphatic carbocycles. The summed E-state index contributed by atoms with van der Waals surface area (Å²) in [7, 11) is 0. The van der Waals surface area contributed by atoms with E-state index in [2.05, 4.69) is 19.9 Å². The third-order valence-electron chi connectivity index (χ3n) is 4.35. The van der Waals surface area contributed by atoms with Crippen molar-refractivity contribution in [2.75, 3.05) is 6.61 Å². The van der Waals surface area contributed by atoms with Gasteiger partial charge >= 0.3 is 5.97 Å². The lowest BCUT2D eigenvalue weighted by Crippen LogP contribution is -2.11. The fourth-order valence-electron chi connectivity index (χ4n) is 2.94.